The first-order valence-electron chi connectivity index (χ1n) is 6.72. The molecule has 0 aromatic carbocycles. The number of morpholine rings is 1. The minimum absolute atomic E-state index is 0.272. The second-order valence-corrected chi connectivity index (χ2v) is 5.15. The molecule has 2 aliphatic rings. The van der Waals surface area contributed by atoms with Gasteiger partial charge in [0.25, 0.3) is 0 Å². The van der Waals surface area contributed by atoms with E-state index in [2.05, 4.69) is 27.1 Å². The molecule has 3 rings (SSSR count). The van der Waals surface area contributed by atoms with E-state index in [4.69, 9.17) is 4.74 Å². The number of ether oxygens (including phenoxy) is 1. The summed E-state index contributed by atoms with van der Waals surface area (Å²) in [6.07, 6.45) is 6.57. The van der Waals surface area contributed by atoms with E-state index < -0.39 is 0 Å². The molecule has 0 bridgehead atoms. The average Bonchev–Trinajstić information content (AvgIpc) is 3.21. The summed E-state index contributed by atoms with van der Waals surface area (Å²) in [6.45, 7) is 5.49. The number of hydrogen-bond acceptors (Lipinski definition) is 5. The van der Waals surface area contributed by atoms with Gasteiger partial charge in [0.05, 0.1) is 24.6 Å². The molecule has 1 unspecified atom stereocenters. The van der Waals surface area contributed by atoms with Crippen molar-refractivity contribution in [1.29, 1.82) is 0 Å². The second kappa shape index (κ2) is 5.20. The first-order chi connectivity index (χ1) is 8.81. The van der Waals surface area contributed by atoms with Crippen molar-refractivity contribution in [1.82, 2.24) is 15.3 Å². The molecule has 1 saturated heterocycles. The molecular formula is C13H20N4O. The van der Waals surface area contributed by atoms with E-state index >= 15 is 0 Å². The van der Waals surface area contributed by atoms with E-state index in [-0.39, 0.29) is 6.10 Å². The number of nitrogens with zero attached hydrogens (tertiary/aromatic N) is 3. The maximum absolute atomic E-state index is 5.54. The van der Waals surface area contributed by atoms with Crippen LogP contribution in [0.2, 0.25) is 0 Å². The Kier molecular flexibility index (Phi) is 3.43. The summed E-state index contributed by atoms with van der Waals surface area (Å²) in [7, 11) is 0. The van der Waals surface area contributed by atoms with Crippen LogP contribution in [0.4, 0.5) is 5.82 Å². The fraction of sp³-hybridized carbons (Fsp3) is 0.692. The van der Waals surface area contributed by atoms with Gasteiger partial charge in [0, 0.05) is 31.9 Å². The van der Waals surface area contributed by atoms with Crippen LogP contribution in [0.1, 0.15) is 25.5 Å². The van der Waals surface area contributed by atoms with Crippen molar-refractivity contribution in [3.8, 4) is 0 Å². The van der Waals surface area contributed by atoms with Gasteiger partial charge in [0.1, 0.15) is 5.82 Å². The molecule has 1 aliphatic carbocycles. The van der Waals surface area contributed by atoms with Crippen molar-refractivity contribution < 1.29 is 4.74 Å². The molecule has 0 amide bonds. The van der Waals surface area contributed by atoms with E-state index in [0.717, 1.165) is 37.8 Å². The van der Waals surface area contributed by atoms with Gasteiger partial charge in [0.2, 0.25) is 0 Å². The number of nitrogens with one attached hydrogen (secondary N) is 1. The van der Waals surface area contributed by atoms with Crippen LogP contribution in [-0.2, 0) is 11.3 Å². The highest BCUT2D eigenvalue weighted by Crippen LogP contribution is 2.19. The van der Waals surface area contributed by atoms with Gasteiger partial charge >= 0.3 is 0 Å². The third kappa shape index (κ3) is 2.97. The van der Waals surface area contributed by atoms with Crippen LogP contribution in [0.5, 0.6) is 0 Å². The van der Waals surface area contributed by atoms with E-state index in [1.165, 1.54) is 12.8 Å². The molecule has 1 atom stereocenters. The summed E-state index contributed by atoms with van der Waals surface area (Å²) in [5.41, 5.74) is 1.03. The SMILES string of the molecule is CC1CN(c2cncc(CNC3CC3)n2)CCO1. The van der Waals surface area contributed by atoms with Crippen molar-refractivity contribution in [2.75, 3.05) is 24.6 Å². The first kappa shape index (κ1) is 11.9. The molecule has 2 fully saturated rings. The van der Waals surface area contributed by atoms with Crippen LogP contribution in [0, 0.1) is 0 Å². The maximum atomic E-state index is 5.54. The lowest BCUT2D eigenvalue weighted by Gasteiger charge is -2.31. The Bertz CT molecular complexity index is 408. The molecule has 5 nitrogen and oxygen atoms in total. The Morgan fingerprint density at radius 2 is 2.33 bits per heavy atom. The van der Waals surface area contributed by atoms with Crippen molar-refractivity contribution in [2.45, 2.75) is 38.5 Å². The van der Waals surface area contributed by atoms with Crippen LogP contribution in [0.15, 0.2) is 12.4 Å². The lowest BCUT2D eigenvalue weighted by atomic mass is 10.3. The molecule has 0 radical (unpaired) electrons. The number of hydrogen-bond donors (Lipinski definition) is 1. The molecule has 18 heavy (non-hydrogen) atoms. The molecule has 5 heteroatoms. The minimum Gasteiger partial charge on any atom is -0.375 e. The van der Waals surface area contributed by atoms with Gasteiger partial charge in [0.15, 0.2) is 0 Å². The Morgan fingerprint density at radius 3 is 3.11 bits per heavy atom. The van der Waals surface area contributed by atoms with Crippen molar-refractivity contribution in [3.05, 3.63) is 18.1 Å². The highest BCUT2D eigenvalue weighted by atomic mass is 16.5. The predicted octanol–water partition coefficient (Wildman–Crippen LogP) is 0.954. The quantitative estimate of drug-likeness (QED) is 0.860. The molecule has 1 N–H and O–H groups in total. The average molecular weight is 248 g/mol. The van der Waals surface area contributed by atoms with Crippen molar-refractivity contribution >= 4 is 5.82 Å². The molecule has 1 aromatic heterocycles. The van der Waals surface area contributed by atoms with Gasteiger partial charge in [-0.05, 0) is 19.8 Å². The zero-order valence-corrected chi connectivity index (χ0v) is 10.8. The summed E-state index contributed by atoms with van der Waals surface area (Å²) >= 11 is 0. The Balaban J connectivity index is 1.65. The second-order valence-electron chi connectivity index (χ2n) is 5.15. The Hall–Kier alpha value is -1.20. The van der Waals surface area contributed by atoms with Gasteiger partial charge in [-0.2, -0.15) is 0 Å². The highest BCUT2D eigenvalue weighted by molar-refractivity contribution is 5.37. The van der Waals surface area contributed by atoms with Gasteiger partial charge in [-0.25, -0.2) is 4.98 Å². The Labute approximate surface area is 108 Å². The smallest absolute Gasteiger partial charge is 0.147 e. The van der Waals surface area contributed by atoms with Crippen molar-refractivity contribution in [2.24, 2.45) is 0 Å². The Morgan fingerprint density at radius 1 is 1.44 bits per heavy atom. The van der Waals surface area contributed by atoms with E-state index in [1.807, 2.05) is 12.4 Å². The lowest BCUT2D eigenvalue weighted by molar-refractivity contribution is 0.0529. The monoisotopic (exact) mass is 248 g/mol. The largest absolute Gasteiger partial charge is 0.375 e. The zero-order valence-electron chi connectivity index (χ0n) is 10.8. The van der Waals surface area contributed by atoms with Gasteiger partial charge < -0.3 is 15.0 Å². The summed E-state index contributed by atoms with van der Waals surface area (Å²) in [6, 6.07) is 0.707. The lowest BCUT2D eigenvalue weighted by Crippen LogP contribution is -2.41. The third-order valence-electron chi connectivity index (χ3n) is 3.39. The molecule has 98 valence electrons. The van der Waals surface area contributed by atoms with E-state index in [9.17, 15) is 0 Å². The maximum Gasteiger partial charge on any atom is 0.147 e. The summed E-state index contributed by atoms with van der Waals surface area (Å²) in [5, 5.41) is 3.47. The third-order valence-corrected chi connectivity index (χ3v) is 3.39. The van der Waals surface area contributed by atoms with Crippen LogP contribution in [-0.4, -0.2) is 41.8 Å². The van der Waals surface area contributed by atoms with Crippen LogP contribution >= 0.6 is 0 Å². The zero-order chi connectivity index (χ0) is 12.4. The number of anilines is 1. The fourth-order valence-electron chi connectivity index (χ4n) is 2.20. The van der Waals surface area contributed by atoms with Gasteiger partial charge in [-0.3, -0.25) is 4.98 Å². The minimum atomic E-state index is 0.272. The van der Waals surface area contributed by atoms with Crippen molar-refractivity contribution in [3.63, 3.8) is 0 Å². The fourth-order valence-corrected chi connectivity index (χ4v) is 2.20. The highest BCUT2D eigenvalue weighted by Gasteiger charge is 2.21. The summed E-state index contributed by atoms with van der Waals surface area (Å²) < 4.78 is 5.54. The van der Waals surface area contributed by atoms with E-state index in [1.54, 1.807) is 0 Å². The number of aromatic nitrogens is 2. The molecule has 1 saturated carbocycles. The predicted molar refractivity (Wildman–Crippen MR) is 69.5 cm³/mol. The molecular weight excluding hydrogens is 228 g/mol. The standard InChI is InChI=1S/C13H20N4O/c1-10-9-17(4-5-18-10)13-8-14-6-12(16-13)7-15-11-2-3-11/h6,8,10-11,15H,2-5,7,9H2,1H3. The van der Waals surface area contributed by atoms with Crippen LogP contribution < -0.4 is 10.2 Å². The van der Waals surface area contributed by atoms with Crippen LogP contribution in [0.25, 0.3) is 0 Å². The normalized spacial score (nSPS) is 24.3. The molecule has 1 aliphatic heterocycles. The van der Waals surface area contributed by atoms with E-state index in [0.29, 0.717) is 6.04 Å². The molecule has 1 aromatic rings. The first-order valence-corrected chi connectivity index (χ1v) is 6.72. The van der Waals surface area contributed by atoms with Crippen LogP contribution in [0.3, 0.4) is 0 Å². The topological polar surface area (TPSA) is 50.3 Å². The number of rotatable bonds is 4. The molecule has 2 heterocycles. The van der Waals surface area contributed by atoms with Gasteiger partial charge in [-0.1, -0.05) is 0 Å². The van der Waals surface area contributed by atoms with Gasteiger partial charge in [-0.15, -0.1) is 0 Å². The molecule has 0 spiro atoms. The summed E-state index contributed by atoms with van der Waals surface area (Å²) in [4.78, 5) is 11.2. The summed E-state index contributed by atoms with van der Waals surface area (Å²) in [5.74, 6) is 0.972.